The molecule has 1 N–H and O–H groups in total. The van der Waals surface area contributed by atoms with Gasteiger partial charge in [-0.3, -0.25) is 9.89 Å². The molecule has 1 aliphatic heterocycles. The smallest absolute Gasteiger partial charge is 0.294 e. The summed E-state index contributed by atoms with van der Waals surface area (Å²) >= 11 is 0. The number of aryl methyl sites for hydroxylation is 2. The lowest BCUT2D eigenvalue weighted by Crippen LogP contribution is -2.42. The zero-order valence-electron chi connectivity index (χ0n) is 15.4. The molecule has 6 nitrogen and oxygen atoms in total. The zero-order chi connectivity index (χ0) is 20.7. The van der Waals surface area contributed by atoms with Crippen LogP contribution in [0.3, 0.4) is 0 Å². The first-order chi connectivity index (χ1) is 13.0. The van der Waals surface area contributed by atoms with E-state index >= 15 is 0 Å². The summed E-state index contributed by atoms with van der Waals surface area (Å²) in [6.45, 7) is 3.36. The first-order valence-corrected chi connectivity index (χ1v) is 10.2. The lowest BCUT2D eigenvalue weighted by atomic mass is 9.90. The predicted octanol–water partition coefficient (Wildman–Crippen LogP) is 3.33. The molecule has 0 bridgehead atoms. The van der Waals surface area contributed by atoms with Crippen molar-refractivity contribution >= 4 is 15.8 Å². The molecule has 1 aromatic heterocycles. The van der Waals surface area contributed by atoms with Crippen LogP contribution in [0.25, 0.3) is 0 Å². The molecule has 28 heavy (non-hydrogen) atoms. The first kappa shape index (κ1) is 20.5. The monoisotopic (exact) mass is 415 g/mol. The quantitative estimate of drug-likeness (QED) is 0.777. The van der Waals surface area contributed by atoms with Crippen LogP contribution in [0, 0.1) is 19.8 Å². The number of benzene rings is 1. The minimum absolute atomic E-state index is 0.0604. The molecule has 1 aliphatic rings. The highest BCUT2D eigenvalue weighted by molar-refractivity contribution is 7.89. The number of piperidine rings is 1. The van der Waals surface area contributed by atoms with Gasteiger partial charge >= 0.3 is 6.18 Å². The molecule has 0 saturated carbocycles. The number of aromatic nitrogens is 2. The van der Waals surface area contributed by atoms with Gasteiger partial charge in [0.15, 0.2) is 5.78 Å². The molecule has 1 fully saturated rings. The third-order valence-electron chi connectivity index (χ3n) is 4.89. The maximum absolute atomic E-state index is 13.0. The maximum Gasteiger partial charge on any atom is 0.416 e. The van der Waals surface area contributed by atoms with E-state index in [1.165, 1.54) is 16.4 Å². The van der Waals surface area contributed by atoms with Crippen LogP contribution in [0.4, 0.5) is 13.2 Å². The van der Waals surface area contributed by atoms with Gasteiger partial charge in [-0.1, -0.05) is 12.1 Å². The van der Waals surface area contributed by atoms with Crippen LogP contribution in [0.1, 0.15) is 40.2 Å². The van der Waals surface area contributed by atoms with Crippen molar-refractivity contribution in [3.8, 4) is 0 Å². The maximum atomic E-state index is 13.0. The largest absolute Gasteiger partial charge is 0.416 e. The Bertz CT molecular complexity index is 979. The van der Waals surface area contributed by atoms with Crippen LogP contribution in [0.5, 0.6) is 0 Å². The molecule has 0 radical (unpaired) electrons. The number of nitrogens with zero attached hydrogens (tertiary/aromatic N) is 2. The van der Waals surface area contributed by atoms with Crippen molar-refractivity contribution in [1.29, 1.82) is 0 Å². The van der Waals surface area contributed by atoms with Gasteiger partial charge in [-0.15, -0.1) is 0 Å². The summed E-state index contributed by atoms with van der Waals surface area (Å²) in [5.41, 5.74) is -0.217. The number of Topliss-reactive ketones (excluding diaryl/α,β-unsaturated/α-hetero) is 1. The molecule has 1 atom stereocenters. The number of alkyl halides is 3. The number of hydrogen-bond acceptors (Lipinski definition) is 4. The average molecular weight is 415 g/mol. The highest BCUT2D eigenvalue weighted by Gasteiger charge is 2.37. The molecule has 1 aromatic carbocycles. The van der Waals surface area contributed by atoms with Crippen molar-refractivity contribution in [3.63, 3.8) is 0 Å². The molecule has 0 spiro atoms. The van der Waals surface area contributed by atoms with E-state index in [1.54, 1.807) is 13.8 Å². The Labute approximate surface area is 160 Å². The second-order valence-corrected chi connectivity index (χ2v) is 8.78. The topological polar surface area (TPSA) is 83.1 Å². The Hall–Kier alpha value is -2.20. The highest BCUT2D eigenvalue weighted by Crippen LogP contribution is 2.32. The van der Waals surface area contributed by atoms with Gasteiger partial charge in [-0.2, -0.15) is 22.6 Å². The molecular formula is C18H20F3N3O3S. The van der Waals surface area contributed by atoms with Gasteiger partial charge in [-0.05, 0) is 38.8 Å². The Morgan fingerprint density at radius 3 is 2.61 bits per heavy atom. The summed E-state index contributed by atoms with van der Waals surface area (Å²) in [5, 5.41) is 6.54. The summed E-state index contributed by atoms with van der Waals surface area (Å²) < 4.78 is 65.9. The van der Waals surface area contributed by atoms with Crippen LogP contribution in [-0.4, -0.2) is 41.8 Å². The van der Waals surface area contributed by atoms with Crippen molar-refractivity contribution in [1.82, 2.24) is 14.5 Å². The van der Waals surface area contributed by atoms with Crippen LogP contribution in [0.2, 0.25) is 0 Å². The van der Waals surface area contributed by atoms with Crippen LogP contribution < -0.4 is 0 Å². The van der Waals surface area contributed by atoms with Gasteiger partial charge in [-0.25, -0.2) is 8.42 Å². The number of carbonyl (C=O) groups is 1. The zero-order valence-corrected chi connectivity index (χ0v) is 16.2. The highest BCUT2D eigenvalue weighted by atomic mass is 32.2. The van der Waals surface area contributed by atoms with Gasteiger partial charge in [0.05, 0.1) is 17.0 Å². The Kier molecular flexibility index (Phi) is 5.37. The molecule has 0 aliphatic carbocycles. The molecule has 152 valence electrons. The summed E-state index contributed by atoms with van der Waals surface area (Å²) in [7, 11) is -3.85. The summed E-state index contributed by atoms with van der Waals surface area (Å²) in [4.78, 5) is 12.8. The SMILES string of the molecule is Cc1n[nH]c(C)c1S(=O)(=O)N1CCCC(C(=O)c2cccc(C(F)(F)F)c2)C1. The molecule has 1 unspecified atom stereocenters. The second-order valence-electron chi connectivity index (χ2n) is 6.91. The lowest BCUT2D eigenvalue weighted by Gasteiger charge is -2.31. The van der Waals surface area contributed by atoms with E-state index < -0.39 is 33.5 Å². The molecule has 3 rings (SSSR count). The molecule has 0 amide bonds. The normalized spacial score (nSPS) is 19.0. The molecular weight excluding hydrogens is 395 g/mol. The number of hydrogen-bond donors (Lipinski definition) is 1. The average Bonchev–Trinajstić information content (AvgIpc) is 2.99. The van der Waals surface area contributed by atoms with Crippen molar-refractivity contribution in [2.75, 3.05) is 13.1 Å². The number of nitrogens with one attached hydrogen (secondary N) is 1. The fraction of sp³-hybridized carbons (Fsp3) is 0.444. The summed E-state index contributed by atoms with van der Waals surface area (Å²) in [6.07, 6.45) is -3.68. The second kappa shape index (κ2) is 7.32. The number of ketones is 1. The van der Waals surface area contributed by atoms with Crippen LogP contribution >= 0.6 is 0 Å². The van der Waals surface area contributed by atoms with Gasteiger partial charge in [0.25, 0.3) is 0 Å². The third-order valence-corrected chi connectivity index (χ3v) is 7.02. The standard InChI is InChI=1S/C18H20F3N3O3S/c1-11-17(12(2)23-22-11)28(26,27)24-8-4-6-14(10-24)16(25)13-5-3-7-15(9-13)18(19,20)21/h3,5,7,9,14H,4,6,8,10H2,1-2H3,(H,22,23). The summed E-state index contributed by atoms with van der Waals surface area (Å²) in [5.74, 6) is -1.17. The van der Waals surface area contributed by atoms with E-state index in [4.69, 9.17) is 0 Å². The van der Waals surface area contributed by atoms with Gasteiger partial charge in [0.2, 0.25) is 10.0 Å². The van der Waals surface area contributed by atoms with E-state index in [2.05, 4.69) is 10.2 Å². The van der Waals surface area contributed by atoms with Crippen molar-refractivity contribution < 1.29 is 26.4 Å². The number of carbonyl (C=O) groups excluding carboxylic acids is 1. The van der Waals surface area contributed by atoms with Crippen molar-refractivity contribution in [2.24, 2.45) is 5.92 Å². The number of halogens is 3. The van der Waals surface area contributed by atoms with Crippen LogP contribution in [0.15, 0.2) is 29.2 Å². The Balaban J connectivity index is 1.85. The fourth-order valence-corrected chi connectivity index (χ4v) is 5.36. The lowest BCUT2D eigenvalue weighted by molar-refractivity contribution is -0.137. The van der Waals surface area contributed by atoms with Crippen molar-refractivity contribution in [2.45, 2.75) is 37.8 Å². The minimum atomic E-state index is -4.55. The molecule has 2 aromatic rings. The molecule has 2 heterocycles. The Morgan fingerprint density at radius 1 is 1.29 bits per heavy atom. The summed E-state index contributed by atoms with van der Waals surface area (Å²) in [6, 6.07) is 4.24. The Morgan fingerprint density at radius 2 is 2.00 bits per heavy atom. The molecule has 10 heteroatoms. The number of sulfonamides is 1. The number of rotatable bonds is 4. The number of H-pyrrole nitrogens is 1. The van der Waals surface area contributed by atoms with Gasteiger partial charge in [0, 0.05) is 24.6 Å². The van der Waals surface area contributed by atoms with Crippen LogP contribution in [-0.2, 0) is 16.2 Å². The van der Waals surface area contributed by atoms with E-state index in [0.717, 1.165) is 12.1 Å². The third kappa shape index (κ3) is 3.83. The molecule has 1 saturated heterocycles. The van der Waals surface area contributed by atoms with Gasteiger partial charge < -0.3 is 0 Å². The van der Waals surface area contributed by atoms with Gasteiger partial charge in [0.1, 0.15) is 4.90 Å². The fourth-order valence-electron chi connectivity index (χ4n) is 3.51. The van der Waals surface area contributed by atoms with Crippen molar-refractivity contribution in [3.05, 3.63) is 46.8 Å². The van der Waals surface area contributed by atoms with E-state index in [0.29, 0.717) is 24.2 Å². The number of aromatic amines is 1. The van der Waals surface area contributed by atoms with E-state index in [9.17, 15) is 26.4 Å². The first-order valence-electron chi connectivity index (χ1n) is 8.75. The van der Waals surface area contributed by atoms with E-state index in [-0.39, 0.29) is 23.5 Å². The van der Waals surface area contributed by atoms with E-state index in [1.807, 2.05) is 0 Å². The predicted molar refractivity (Wildman–Crippen MR) is 95.3 cm³/mol. The minimum Gasteiger partial charge on any atom is -0.294 e.